The monoisotopic (exact) mass is 453 g/mol. The molecule has 3 nitrogen and oxygen atoms in total. The average Bonchev–Trinajstić information content (AvgIpc) is 2.95. The largest absolute Gasteiger partial charge is 0.362 e. The van der Waals surface area contributed by atoms with E-state index in [2.05, 4.69) is 64.5 Å². The van der Waals surface area contributed by atoms with Gasteiger partial charge in [0.15, 0.2) is 0 Å². The van der Waals surface area contributed by atoms with E-state index in [1.165, 1.54) is 28.2 Å². The Kier molecular flexibility index (Phi) is 6.34. The molecular formula is C19H25Br2N3. The zero-order chi connectivity index (χ0) is 15.1. The summed E-state index contributed by atoms with van der Waals surface area (Å²) in [5, 5.41) is 3.29. The molecule has 0 fully saturated rings. The molecule has 0 saturated heterocycles. The van der Waals surface area contributed by atoms with E-state index in [1.807, 2.05) is 7.05 Å². The molecule has 0 radical (unpaired) electrons. The van der Waals surface area contributed by atoms with Crippen molar-refractivity contribution in [1.82, 2.24) is 5.32 Å². The second-order valence-electron chi connectivity index (χ2n) is 6.22. The van der Waals surface area contributed by atoms with Crippen LogP contribution in [-0.2, 0) is 6.42 Å². The molecule has 0 amide bonds. The first-order chi connectivity index (χ1) is 10.8. The molecule has 4 rings (SSSR count). The van der Waals surface area contributed by atoms with Crippen molar-refractivity contribution >= 4 is 51.0 Å². The van der Waals surface area contributed by atoms with Crippen molar-refractivity contribution in [3.05, 3.63) is 53.6 Å². The second-order valence-corrected chi connectivity index (χ2v) is 6.22. The van der Waals surface area contributed by atoms with Crippen LogP contribution in [0.25, 0.3) is 0 Å². The highest BCUT2D eigenvalue weighted by molar-refractivity contribution is 8.93. The van der Waals surface area contributed by atoms with Gasteiger partial charge in [-0.3, -0.25) is 0 Å². The SMILES string of the molecule is Br.Br.CNCCN1c2ccccc2N2CCc3cccc(c32)C1C. The predicted octanol–water partition coefficient (Wildman–Crippen LogP) is 4.64. The van der Waals surface area contributed by atoms with Crippen LogP contribution in [0.5, 0.6) is 0 Å². The van der Waals surface area contributed by atoms with Crippen molar-refractivity contribution in [2.75, 3.05) is 36.5 Å². The number of benzene rings is 2. The third-order valence-corrected chi connectivity index (χ3v) is 5.03. The van der Waals surface area contributed by atoms with E-state index in [4.69, 9.17) is 0 Å². The molecule has 24 heavy (non-hydrogen) atoms. The molecule has 2 aromatic rings. The van der Waals surface area contributed by atoms with Crippen LogP contribution in [0.4, 0.5) is 17.1 Å². The van der Waals surface area contributed by atoms with Gasteiger partial charge in [-0.1, -0.05) is 30.3 Å². The average molecular weight is 455 g/mol. The lowest BCUT2D eigenvalue weighted by Crippen LogP contribution is -2.32. The van der Waals surface area contributed by atoms with Gasteiger partial charge in [0.1, 0.15) is 0 Å². The molecule has 0 bridgehead atoms. The fourth-order valence-corrected chi connectivity index (χ4v) is 3.92. The van der Waals surface area contributed by atoms with Gasteiger partial charge in [-0.25, -0.2) is 0 Å². The lowest BCUT2D eigenvalue weighted by atomic mass is 10.0. The minimum Gasteiger partial charge on any atom is -0.362 e. The molecule has 2 aromatic carbocycles. The Morgan fingerprint density at radius 1 is 1.04 bits per heavy atom. The normalized spacial score (nSPS) is 17.3. The van der Waals surface area contributed by atoms with Crippen molar-refractivity contribution in [1.29, 1.82) is 0 Å². The minimum absolute atomic E-state index is 0. The Morgan fingerprint density at radius 2 is 1.79 bits per heavy atom. The molecule has 1 atom stereocenters. The van der Waals surface area contributed by atoms with E-state index in [0.717, 1.165) is 26.1 Å². The zero-order valence-corrected chi connectivity index (χ0v) is 17.6. The van der Waals surface area contributed by atoms with Crippen molar-refractivity contribution in [2.24, 2.45) is 0 Å². The van der Waals surface area contributed by atoms with Crippen LogP contribution < -0.4 is 15.1 Å². The first kappa shape index (κ1) is 19.3. The van der Waals surface area contributed by atoms with Gasteiger partial charge in [-0.05, 0) is 43.7 Å². The smallest absolute Gasteiger partial charge is 0.0649 e. The van der Waals surface area contributed by atoms with Crippen LogP contribution in [0.3, 0.4) is 0 Å². The molecule has 0 aromatic heterocycles. The minimum atomic E-state index is 0. The van der Waals surface area contributed by atoms with E-state index in [1.54, 1.807) is 0 Å². The Hall–Kier alpha value is -1.04. The number of halogens is 2. The van der Waals surface area contributed by atoms with Crippen LogP contribution in [0, 0.1) is 0 Å². The van der Waals surface area contributed by atoms with Crippen LogP contribution in [0.2, 0.25) is 0 Å². The van der Waals surface area contributed by atoms with Crippen molar-refractivity contribution < 1.29 is 0 Å². The summed E-state index contributed by atoms with van der Waals surface area (Å²) in [4.78, 5) is 5.07. The second kappa shape index (κ2) is 7.89. The molecule has 2 aliphatic heterocycles. The molecule has 0 saturated carbocycles. The summed E-state index contributed by atoms with van der Waals surface area (Å²) in [6.45, 7) is 5.44. The highest BCUT2D eigenvalue weighted by Gasteiger charge is 2.33. The summed E-state index contributed by atoms with van der Waals surface area (Å²) < 4.78 is 0. The molecule has 130 valence electrons. The number of para-hydroxylation sites is 3. The standard InChI is InChI=1S/C19H23N3.2BrH/c1-14-16-7-5-6-15-10-12-22(19(15)16)18-9-4-3-8-17(18)21(14)13-11-20-2;;/h3-9,14,20H,10-13H2,1-2H3;2*1H. The van der Waals surface area contributed by atoms with Crippen LogP contribution in [-0.4, -0.2) is 26.7 Å². The number of nitrogens with one attached hydrogen (secondary N) is 1. The van der Waals surface area contributed by atoms with E-state index < -0.39 is 0 Å². The summed E-state index contributed by atoms with van der Waals surface area (Å²) in [5.41, 5.74) is 7.12. The van der Waals surface area contributed by atoms with Crippen LogP contribution >= 0.6 is 34.0 Å². The zero-order valence-electron chi connectivity index (χ0n) is 14.2. The van der Waals surface area contributed by atoms with Crippen LogP contribution in [0.1, 0.15) is 24.1 Å². The maximum Gasteiger partial charge on any atom is 0.0649 e. The highest BCUT2D eigenvalue weighted by atomic mass is 79.9. The third kappa shape index (κ3) is 2.98. The summed E-state index contributed by atoms with van der Waals surface area (Å²) >= 11 is 0. The van der Waals surface area contributed by atoms with Crippen molar-refractivity contribution in [2.45, 2.75) is 19.4 Å². The number of rotatable bonds is 3. The first-order valence-corrected chi connectivity index (χ1v) is 8.21. The molecule has 1 unspecified atom stereocenters. The number of hydrogen-bond donors (Lipinski definition) is 1. The third-order valence-electron chi connectivity index (χ3n) is 5.03. The molecule has 1 N–H and O–H groups in total. The summed E-state index contributed by atoms with van der Waals surface area (Å²) in [7, 11) is 2.02. The molecule has 2 aliphatic rings. The Morgan fingerprint density at radius 3 is 2.54 bits per heavy atom. The lowest BCUT2D eigenvalue weighted by molar-refractivity contribution is 0.647. The first-order valence-electron chi connectivity index (χ1n) is 8.21. The van der Waals surface area contributed by atoms with Gasteiger partial charge in [0.25, 0.3) is 0 Å². The summed E-state index contributed by atoms with van der Waals surface area (Å²) in [5.74, 6) is 0. The molecule has 0 aliphatic carbocycles. The summed E-state index contributed by atoms with van der Waals surface area (Å²) in [6, 6.07) is 16.1. The van der Waals surface area contributed by atoms with Crippen molar-refractivity contribution in [3.8, 4) is 0 Å². The fraction of sp³-hybridized carbons (Fsp3) is 0.368. The van der Waals surface area contributed by atoms with E-state index in [-0.39, 0.29) is 34.0 Å². The Labute approximate surface area is 165 Å². The van der Waals surface area contributed by atoms with Gasteiger partial charge in [0.05, 0.1) is 17.4 Å². The topological polar surface area (TPSA) is 18.5 Å². The van der Waals surface area contributed by atoms with E-state index in [9.17, 15) is 0 Å². The Balaban J connectivity index is 0.00000104. The fourth-order valence-electron chi connectivity index (χ4n) is 3.92. The van der Waals surface area contributed by atoms with Crippen molar-refractivity contribution in [3.63, 3.8) is 0 Å². The summed E-state index contributed by atoms with van der Waals surface area (Å²) in [6.07, 6.45) is 1.15. The van der Waals surface area contributed by atoms with E-state index in [0.29, 0.717) is 6.04 Å². The predicted molar refractivity (Wildman–Crippen MR) is 114 cm³/mol. The van der Waals surface area contributed by atoms with Gasteiger partial charge in [-0.15, -0.1) is 34.0 Å². The van der Waals surface area contributed by atoms with Gasteiger partial charge < -0.3 is 15.1 Å². The molecular weight excluding hydrogens is 430 g/mol. The number of anilines is 3. The van der Waals surface area contributed by atoms with Gasteiger partial charge in [0, 0.05) is 25.3 Å². The molecule has 0 spiro atoms. The number of hydrogen-bond acceptors (Lipinski definition) is 3. The maximum absolute atomic E-state index is 3.29. The Bertz CT molecular complexity index is 705. The molecule has 5 heteroatoms. The number of likely N-dealkylation sites (N-methyl/N-ethyl adjacent to an activating group) is 1. The highest BCUT2D eigenvalue weighted by Crippen LogP contribution is 2.48. The van der Waals surface area contributed by atoms with Gasteiger partial charge in [0.2, 0.25) is 0 Å². The quantitative estimate of drug-likeness (QED) is 0.728. The van der Waals surface area contributed by atoms with Gasteiger partial charge in [-0.2, -0.15) is 0 Å². The maximum atomic E-state index is 3.29. The lowest BCUT2D eigenvalue weighted by Gasteiger charge is -2.31. The van der Waals surface area contributed by atoms with E-state index >= 15 is 0 Å². The number of fused-ring (bicyclic) bond motifs is 2. The molecule has 2 heterocycles. The van der Waals surface area contributed by atoms with Crippen LogP contribution in [0.15, 0.2) is 42.5 Å². The number of nitrogens with zero attached hydrogens (tertiary/aromatic N) is 2. The van der Waals surface area contributed by atoms with Gasteiger partial charge >= 0.3 is 0 Å².